The minimum absolute atomic E-state index is 0.0272. The van der Waals surface area contributed by atoms with Crippen molar-refractivity contribution in [1.82, 2.24) is 0 Å². The summed E-state index contributed by atoms with van der Waals surface area (Å²) in [6.45, 7) is -0.0272. The van der Waals surface area contributed by atoms with Crippen molar-refractivity contribution in [2.45, 2.75) is 0 Å². The van der Waals surface area contributed by atoms with Crippen LogP contribution in [-0.2, 0) is 4.79 Å². The van der Waals surface area contributed by atoms with Crippen LogP contribution in [0.4, 0.5) is 11.4 Å². The first-order valence-corrected chi connectivity index (χ1v) is 6.21. The quantitative estimate of drug-likeness (QED) is 0.586. The molecule has 0 aliphatic heterocycles. The second-order valence-corrected chi connectivity index (χ2v) is 4.11. The van der Waals surface area contributed by atoms with Gasteiger partial charge < -0.3 is 16.4 Å². The number of hydrogen-bond donors (Lipinski definition) is 3. The van der Waals surface area contributed by atoms with Crippen LogP contribution in [0.2, 0.25) is 0 Å². The van der Waals surface area contributed by atoms with E-state index in [0.29, 0.717) is 0 Å². The maximum atomic E-state index is 11.7. The van der Waals surface area contributed by atoms with Crippen molar-refractivity contribution in [3.8, 4) is 0 Å². The molecule has 4 N–H and O–H groups in total. The third kappa shape index (κ3) is 4.45. The van der Waals surface area contributed by atoms with Crippen LogP contribution in [0.3, 0.4) is 0 Å². The molecular weight excluding hydrogens is 252 g/mol. The zero-order chi connectivity index (χ0) is 14.2. The van der Waals surface area contributed by atoms with E-state index < -0.39 is 0 Å². The summed E-state index contributed by atoms with van der Waals surface area (Å²) in [5.74, 6) is -0.00609. The molecule has 5 heteroatoms. The summed E-state index contributed by atoms with van der Waals surface area (Å²) in [7, 11) is 0. The molecule has 102 valence electrons. The fourth-order valence-electron chi connectivity index (χ4n) is 1.59. The van der Waals surface area contributed by atoms with E-state index >= 15 is 0 Å². The smallest absolute Gasteiger partial charge is 0.246 e. The Hall–Kier alpha value is -2.82. The molecule has 0 fully saturated rings. The van der Waals surface area contributed by atoms with Crippen molar-refractivity contribution in [3.05, 3.63) is 60.7 Å². The number of nitrogens with two attached hydrogens (primary N) is 1. The number of nitrogens with zero attached hydrogens (tertiary/aromatic N) is 1. The van der Waals surface area contributed by atoms with Gasteiger partial charge in [-0.25, -0.2) is 4.99 Å². The summed E-state index contributed by atoms with van der Waals surface area (Å²) >= 11 is 0. The highest BCUT2D eigenvalue weighted by Crippen LogP contribution is 2.05. The first-order chi connectivity index (χ1) is 9.74. The fourth-order valence-corrected chi connectivity index (χ4v) is 1.59. The predicted molar refractivity (Wildman–Crippen MR) is 81.6 cm³/mol. The van der Waals surface area contributed by atoms with Crippen molar-refractivity contribution in [2.24, 2.45) is 10.7 Å². The number of guanidine groups is 1. The minimum Gasteiger partial charge on any atom is -0.370 e. The Morgan fingerprint density at radius 2 is 1.40 bits per heavy atom. The highest BCUT2D eigenvalue weighted by Gasteiger charge is 2.01. The van der Waals surface area contributed by atoms with Crippen LogP contribution in [0, 0.1) is 0 Å². The Morgan fingerprint density at radius 3 is 1.95 bits per heavy atom. The predicted octanol–water partition coefficient (Wildman–Crippen LogP) is 2.05. The second kappa shape index (κ2) is 6.94. The molecule has 0 heterocycles. The lowest BCUT2D eigenvalue weighted by Crippen LogP contribution is -2.25. The van der Waals surface area contributed by atoms with Crippen molar-refractivity contribution < 1.29 is 4.79 Å². The van der Waals surface area contributed by atoms with Crippen LogP contribution in [0.25, 0.3) is 0 Å². The first kappa shape index (κ1) is 13.6. The van der Waals surface area contributed by atoms with Gasteiger partial charge in [-0.3, -0.25) is 4.79 Å². The first-order valence-electron chi connectivity index (χ1n) is 6.21. The van der Waals surface area contributed by atoms with E-state index in [0.717, 1.165) is 11.4 Å². The number of amides is 1. The van der Waals surface area contributed by atoms with Crippen molar-refractivity contribution >= 4 is 23.2 Å². The van der Waals surface area contributed by atoms with Crippen LogP contribution in [-0.4, -0.2) is 18.4 Å². The number of carbonyl (C=O) groups is 1. The zero-order valence-electron chi connectivity index (χ0n) is 10.9. The molecule has 0 aliphatic carbocycles. The van der Waals surface area contributed by atoms with Gasteiger partial charge in [-0.05, 0) is 24.3 Å². The summed E-state index contributed by atoms with van der Waals surface area (Å²) in [5.41, 5.74) is 7.28. The molecule has 2 aromatic rings. The van der Waals surface area contributed by atoms with E-state index in [1.54, 1.807) is 0 Å². The number of carbonyl (C=O) groups excluding carboxylic acids is 1. The molecule has 2 rings (SSSR count). The van der Waals surface area contributed by atoms with Gasteiger partial charge in [0.05, 0.1) is 0 Å². The molecular formula is C15H16N4O. The van der Waals surface area contributed by atoms with Gasteiger partial charge in [0.2, 0.25) is 5.91 Å². The maximum Gasteiger partial charge on any atom is 0.246 e. The topological polar surface area (TPSA) is 79.5 Å². The Labute approximate surface area is 117 Å². The van der Waals surface area contributed by atoms with Gasteiger partial charge in [0, 0.05) is 11.4 Å². The molecule has 0 aliphatic rings. The number of hydrogen-bond acceptors (Lipinski definition) is 2. The molecule has 2 aromatic carbocycles. The van der Waals surface area contributed by atoms with Gasteiger partial charge in [0.1, 0.15) is 6.54 Å². The van der Waals surface area contributed by atoms with E-state index in [9.17, 15) is 4.79 Å². The molecule has 0 aromatic heterocycles. The van der Waals surface area contributed by atoms with Gasteiger partial charge in [-0.1, -0.05) is 36.4 Å². The lowest BCUT2D eigenvalue weighted by molar-refractivity contribution is -0.114. The van der Waals surface area contributed by atoms with Gasteiger partial charge in [-0.2, -0.15) is 0 Å². The van der Waals surface area contributed by atoms with Gasteiger partial charge in [0.25, 0.3) is 0 Å². The van der Waals surface area contributed by atoms with Gasteiger partial charge in [0.15, 0.2) is 5.96 Å². The molecule has 0 bridgehead atoms. The second-order valence-electron chi connectivity index (χ2n) is 4.11. The van der Waals surface area contributed by atoms with Crippen molar-refractivity contribution in [1.29, 1.82) is 0 Å². The van der Waals surface area contributed by atoms with E-state index in [4.69, 9.17) is 5.73 Å². The van der Waals surface area contributed by atoms with Crippen LogP contribution in [0.15, 0.2) is 65.7 Å². The van der Waals surface area contributed by atoms with Gasteiger partial charge in [-0.15, -0.1) is 0 Å². The number of nitrogens with one attached hydrogen (secondary N) is 2. The lowest BCUT2D eigenvalue weighted by Gasteiger charge is -2.06. The Bertz CT molecular complexity index is 581. The van der Waals surface area contributed by atoms with Gasteiger partial charge >= 0.3 is 0 Å². The standard InChI is InChI=1S/C15H16N4O/c16-15(19-13-9-5-2-6-10-13)17-11-14(20)18-12-7-3-1-4-8-12/h1-10H,11H2,(H,18,20)(H3,16,17,19). The molecule has 0 atom stereocenters. The van der Waals surface area contributed by atoms with Crippen molar-refractivity contribution in [2.75, 3.05) is 17.2 Å². The lowest BCUT2D eigenvalue weighted by atomic mass is 10.3. The van der Waals surface area contributed by atoms with E-state index in [-0.39, 0.29) is 18.4 Å². The molecule has 0 spiro atoms. The fraction of sp³-hybridized carbons (Fsp3) is 0.0667. The normalized spacial score (nSPS) is 10.9. The average Bonchev–Trinajstić information content (AvgIpc) is 2.47. The Kier molecular flexibility index (Phi) is 4.72. The minimum atomic E-state index is -0.214. The number of anilines is 2. The van der Waals surface area contributed by atoms with Crippen LogP contribution < -0.4 is 16.4 Å². The molecule has 20 heavy (non-hydrogen) atoms. The number of rotatable bonds is 4. The highest BCUT2D eigenvalue weighted by atomic mass is 16.1. The monoisotopic (exact) mass is 268 g/mol. The number of aliphatic imine (C=N–C) groups is 1. The van der Waals surface area contributed by atoms with Crippen molar-refractivity contribution in [3.63, 3.8) is 0 Å². The summed E-state index contributed by atoms with van der Waals surface area (Å²) in [5, 5.41) is 5.64. The maximum absolute atomic E-state index is 11.7. The van der Waals surface area contributed by atoms with E-state index in [1.165, 1.54) is 0 Å². The summed E-state index contributed by atoms with van der Waals surface area (Å²) in [4.78, 5) is 15.7. The Morgan fingerprint density at radius 1 is 0.900 bits per heavy atom. The number of para-hydroxylation sites is 2. The molecule has 5 nitrogen and oxygen atoms in total. The summed E-state index contributed by atoms with van der Waals surface area (Å²) in [6.07, 6.45) is 0. The number of benzene rings is 2. The summed E-state index contributed by atoms with van der Waals surface area (Å²) in [6, 6.07) is 18.6. The third-order valence-corrected chi connectivity index (χ3v) is 2.50. The molecule has 0 radical (unpaired) electrons. The van der Waals surface area contributed by atoms with Crippen LogP contribution in [0.5, 0.6) is 0 Å². The highest BCUT2D eigenvalue weighted by molar-refractivity contribution is 5.96. The SMILES string of the molecule is NC(=NCC(=O)Nc1ccccc1)Nc1ccccc1. The zero-order valence-corrected chi connectivity index (χ0v) is 10.9. The molecule has 0 unspecified atom stereocenters. The van der Waals surface area contributed by atoms with E-state index in [1.807, 2.05) is 60.7 Å². The Balaban J connectivity index is 1.84. The largest absolute Gasteiger partial charge is 0.370 e. The van der Waals surface area contributed by atoms with Crippen LogP contribution >= 0.6 is 0 Å². The molecule has 0 saturated carbocycles. The molecule has 0 saturated heterocycles. The summed E-state index contributed by atoms with van der Waals surface area (Å²) < 4.78 is 0. The van der Waals surface area contributed by atoms with Crippen LogP contribution in [0.1, 0.15) is 0 Å². The van der Waals surface area contributed by atoms with E-state index in [2.05, 4.69) is 15.6 Å². The molecule has 1 amide bonds. The third-order valence-electron chi connectivity index (χ3n) is 2.50. The average molecular weight is 268 g/mol.